The van der Waals surface area contributed by atoms with Gasteiger partial charge >= 0.3 is 0 Å². The highest BCUT2D eigenvalue weighted by atomic mass is 35.5. The van der Waals surface area contributed by atoms with Crippen molar-refractivity contribution in [2.45, 2.75) is 37.6 Å². The fourth-order valence-corrected chi connectivity index (χ4v) is 4.13. The molecule has 1 aliphatic rings. The molecular weight excluding hydrogens is 326 g/mol. The van der Waals surface area contributed by atoms with E-state index in [4.69, 9.17) is 4.52 Å². The SMILES string of the molecule is CC1NCCCC1NS(=O)(=O)Cc1noc2ccccc12.Cl. The lowest BCUT2D eigenvalue weighted by molar-refractivity contribution is 0.348. The van der Waals surface area contributed by atoms with E-state index in [0.717, 1.165) is 24.8 Å². The summed E-state index contributed by atoms with van der Waals surface area (Å²) in [6.07, 6.45) is 1.83. The van der Waals surface area contributed by atoms with Gasteiger partial charge in [0.05, 0.1) is 0 Å². The molecule has 0 radical (unpaired) electrons. The van der Waals surface area contributed by atoms with E-state index in [1.165, 1.54) is 0 Å². The zero-order valence-corrected chi connectivity index (χ0v) is 13.9. The number of aromatic nitrogens is 1. The van der Waals surface area contributed by atoms with Gasteiger partial charge in [-0.25, -0.2) is 13.1 Å². The lowest BCUT2D eigenvalue weighted by atomic mass is 10.0. The fraction of sp³-hybridized carbons (Fsp3) is 0.500. The number of fused-ring (bicyclic) bond motifs is 1. The molecule has 0 amide bonds. The predicted molar refractivity (Wildman–Crippen MR) is 87.5 cm³/mol. The van der Waals surface area contributed by atoms with E-state index >= 15 is 0 Å². The van der Waals surface area contributed by atoms with Crippen LogP contribution < -0.4 is 10.0 Å². The van der Waals surface area contributed by atoms with Crippen molar-refractivity contribution in [1.82, 2.24) is 15.2 Å². The van der Waals surface area contributed by atoms with E-state index in [9.17, 15) is 8.42 Å². The minimum atomic E-state index is -3.44. The molecule has 2 N–H and O–H groups in total. The first-order valence-electron chi connectivity index (χ1n) is 7.12. The first-order chi connectivity index (χ1) is 10.1. The lowest BCUT2D eigenvalue weighted by Crippen LogP contribution is -2.52. The molecular formula is C14H20ClN3O3S. The molecule has 2 unspecified atom stereocenters. The maximum Gasteiger partial charge on any atom is 0.217 e. The third-order valence-corrected chi connectivity index (χ3v) is 5.19. The molecule has 122 valence electrons. The van der Waals surface area contributed by atoms with Crippen molar-refractivity contribution < 1.29 is 12.9 Å². The number of hydrogen-bond acceptors (Lipinski definition) is 5. The molecule has 0 aliphatic carbocycles. The number of benzene rings is 1. The van der Waals surface area contributed by atoms with Gasteiger partial charge in [0, 0.05) is 17.5 Å². The topological polar surface area (TPSA) is 84.2 Å². The van der Waals surface area contributed by atoms with Crippen molar-refractivity contribution in [2.24, 2.45) is 0 Å². The minimum absolute atomic E-state index is 0. The molecule has 1 aliphatic heterocycles. The summed E-state index contributed by atoms with van der Waals surface area (Å²) in [5.41, 5.74) is 1.06. The van der Waals surface area contributed by atoms with Crippen LogP contribution in [0.4, 0.5) is 0 Å². The zero-order chi connectivity index (χ0) is 14.9. The van der Waals surface area contributed by atoms with Crippen molar-refractivity contribution in [3.05, 3.63) is 30.0 Å². The van der Waals surface area contributed by atoms with Gasteiger partial charge in [0.1, 0.15) is 11.4 Å². The summed E-state index contributed by atoms with van der Waals surface area (Å²) in [4.78, 5) is 0. The molecule has 2 aromatic rings. The maximum atomic E-state index is 12.3. The van der Waals surface area contributed by atoms with Crippen molar-refractivity contribution in [3.8, 4) is 0 Å². The van der Waals surface area contributed by atoms with Gasteiger partial charge < -0.3 is 9.84 Å². The molecule has 1 saturated heterocycles. The van der Waals surface area contributed by atoms with Crippen LogP contribution in [0.2, 0.25) is 0 Å². The summed E-state index contributed by atoms with van der Waals surface area (Å²) in [5.74, 6) is -0.159. The Morgan fingerprint density at radius 3 is 2.95 bits per heavy atom. The second kappa shape index (κ2) is 6.95. The van der Waals surface area contributed by atoms with Gasteiger partial charge in [0.2, 0.25) is 10.0 Å². The standard InChI is InChI=1S/C14H19N3O3S.ClH/c1-10-12(6-4-8-15-10)17-21(18,19)9-13-11-5-2-3-7-14(11)20-16-13;/h2-3,5,7,10,12,15,17H,4,6,8-9H2,1H3;1H. The second-order valence-electron chi connectivity index (χ2n) is 5.49. The molecule has 8 heteroatoms. The van der Waals surface area contributed by atoms with E-state index in [2.05, 4.69) is 15.2 Å². The number of para-hydroxylation sites is 1. The van der Waals surface area contributed by atoms with Crippen molar-refractivity contribution >= 4 is 33.4 Å². The number of piperidine rings is 1. The highest BCUT2D eigenvalue weighted by Gasteiger charge is 2.26. The number of nitrogens with one attached hydrogen (secondary N) is 2. The number of sulfonamides is 1. The minimum Gasteiger partial charge on any atom is -0.356 e. The summed E-state index contributed by atoms with van der Waals surface area (Å²) in [6.45, 7) is 2.94. The van der Waals surface area contributed by atoms with Gasteiger partial charge in [0.25, 0.3) is 0 Å². The highest BCUT2D eigenvalue weighted by molar-refractivity contribution is 7.88. The Bertz CT molecular complexity index is 732. The van der Waals surface area contributed by atoms with E-state index in [1.807, 2.05) is 25.1 Å². The van der Waals surface area contributed by atoms with Crippen LogP contribution in [0.5, 0.6) is 0 Å². The van der Waals surface area contributed by atoms with Crippen molar-refractivity contribution in [1.29, 1.82) is 0 Å². The normalized spacial score (nSPS) is 22.4. The number of hydrogen-bond donors (Lipinski definition) is 2. The Hall–Kier alpha value is -1.15. The molecule has 0 bridgehead atoms. The van der Waals surface area contributed by atoms with Crippen LogP contribution >= 0.6 is 12.4 Å². The summed E-state index contributed by atoms with van der Waals surface area (Å²) in [6, 6.07) is 7.35. The molecule has 1 fully saturated rings. The molecule has 1 aromatic heterocycles. The van der Waals surface area contributed by atoms with Crippen LogP contribution in [0, 0.1) is 0 Å². The lowest BCUT2D eigenvalue weighted by Gasteiger charge is -2.30. The van der Waals surface area contributed by atoms with Crippen LogP contribution in [0.25, 0.3) is 11.0 Å². The Morgan fingerprint density at radius 1 is 1.41 bits per heavy atom. The van der Waals surface area contributed by atoms with Gasteiger partial charge in [-0.15, -0.1) is 12.4 Å². The van der Waals surface area contributed by atoms with Crippen molar-refractivity contribution in [3.63, 3.8) is 0 Å². The second-order valence-corrected chi connectivity index (χ2v) is 7.25. The van der Waals surface area contributed by atoms with Crippen LogP contribution in [-0.2, 0) is 15.8 Å². The number of nitrogens with zero attached hydrogens (tertiary/aromatic N) is 1. The predicted octanol–water partition coefficient (Wildman–Crippen LogP) is 1.81. The molecule has 22 heavy (non-hydrogen) atoms. The molecule has 6 nitrogen and oxygen atoms in total. The molecule has 2 heterocycles. The summed E-state index contributed by atoms with van der Waals surface area (Å²) >= 11 is 0. The maximum absolute atomic E-state index is 12.3. The van der Waals surface area contributed by atoms with Crippen LogP contribution in [0.1, 0.15) is 25.5 Å². The van der Waals surface area contributed by atoms with E-state index < -0.39 is 10.0 Å². The van der Waals surface area contributed by atoms with Gasteiger partial charge in [0.15, 0.2) is 5.58 Å². The first kappa shape index (κ1) is 17.2. The third-order valence-electron chi connectivity index (χ3n) is 3.87. The van der Waals surface area contributed by atoms with E-state index in [-0.39, 0.29) is 30.2 Å². The molecule has 0 saturated carbocycles. The fourth-order valence-electron chi connectivity index (χ4n) is 2.70. The average molecular weight is 346 g/mol. The van der Waals surface area contributed by atoms with Crippen LogP contribution in [-0.4, -0.2) is 32.2 Å². The van der Waals surface area contributed by atoms with E-state index in [1.54, 1.807) is 6.07 Å². The molecule has 1 aromatic carbocycles. The van der Waals surface area contributed by atoms with Crippen molar-refractivity contribution in [2.75, 3.05) is 6.54 Å². The molecule has 2 atom stereocenters. The largest absolute Gasteiger partial charge is 0.356 e. The Labute approximate surface area is 136 Å². The van der Waals surface area contributed by atoms with Crippen LogP contribution in [0.15, 0.2) is 28.8 Å². The Morgan fingerprint density at radius 2 is 2.18 bits per heavy atom. The van der Waals surface area contributed by atoms with Gasteiger partial charge in [-0.1, -0.05) is 17.3 Å². The Kier molecular flexibility index (Phi) is 5.44. The monoisotopic (exact) mass is 345 g/mol. The van der Waals surface area contributed by atoms with Gasteiger partial charge in [-0.2, -0.15) is 0 Å². The number of rotatable bonds is 4. The zero-order valence-electron chi connectivity index (χ0n) is 12.3. The summed E-state index contributed by atoms with van der Waals surface area (Å²) in [7, 11) is -3.44. The number of halogens is 1. The molecule has 3 rings (SSSR count). The third kappa shape index (κ3) is 3.78. The average Bonchev–Trinajstić information content (AvgIpc) is 2.84. The quantitative estimate of drug-likeness (QED) is 0.882. The molecule has 0 spiro atoms. The summed E-state index contributed by atoms with van der Waals surface area (Å²) < 4.78 is 32.6. The first-order valence-corrected chi connectivity index (χ1v) is 8.77. The Balaban J connectivity index is 0.00000176. The van der Waals surface area contributed by atoms with Crippen LogP contribution in [0.3, 0.4) is 0 Å². The summed E-state index contributed by atoms with van der Waals surface area (Å²) in [5, 5.41) is 7.91. The van der Waals surface area contributed by atoms with E-state index in [0.29, 0.717) is 11.3 Å². The smallest absolute Gasteiger partial charge is 0.217 e. The van der Waals surface area contributed by atoms with Gasteiger partial charge in [-0.3, -0.25) is 0 Å². The highest BCUT2D eigenvalue weighted by Crippen LogP contribution is 2.20. The van der Waals surface area contributed by atoms with Gasteiger partial charge in [-0.05, 0) is 38.4 Å².